The Balaban J connectivity index is 1.57. The van der Waals surface area contributed by atoms with E-state index in [2.05, 4.69) is 20.4 Å². The Bertz CT molecular complexity index is 559. The van der Waals surface area contributed by atoms with Gasteiger partial charge in [0.25, 0.3) is 0 Å². The topological polar surface area (TPSA) is 84.2 Å². The van der Waals surface area contributed by atoms with Crippen molar-refractivity contribution in [3.8, 4) is 0 Å². The molecule has 0 atom stereocenters. The fraction of sp³-hybridized carbons (Fsp3) is 0.909. The molecule has 0 spiro atoms. The number of hydrogen-bond donors (Lipinski definition) is 0. The molecule has 20 heavy (non-hydrogen) atoms. The summed E-state index contributed by atoms with van der Waals surface area (Å²) in [5, 5.41) is 11.9. The second-order valence-electron chi connectivity index (χ2n) is 5.35. The fourth-order valence-electron chi connectivity index (χ4n) is 2.47. The number of tetrazole rings is 1. The summed E-state index contributed by atoms with van der Waals surface area (Å²) in [4.78, 5) is 2.21. The molecule has 8 nitrogen and oxygen atoms in total. The molecule has 1 saturated carbocycles. The van der Waals surface area contributed by atoms with E-state index in [1.54, 1.807) is 11.2 Å². The van der Waals surface area contributed by atoms with Gasteiger partial charge in [0.1, 0.15) is 0 Å². The Morgan fingerprint density at radius 3 is 2.50 bits per heavy atom. The maximum Gasteiger partial charge on any atom is 0.213 e. The normalized spacial score (nSPS) is 22.2. The molecule has 2 aliphatic rings. The van der Waals surface area contributed by atoms with Gasteiger partial charge in [-0.1, -0.05) is 0 Å². The molecule has 1 aliphatic heterocycles. The minimum absolute atomic E-state index is 0.174. The van der Waals surface area contributed by atoms with E-state index in [-0.39, 0.29) is 5.75 Å². The molecule has 1 saturated heterocycles. The third kappa shape index (κ3) is 2.84. The Morgan fingerprint density at radius 2 is 1.90 bits per heavy atom. The van der Waals surface area contributed by atoms with E-state index in [1.807, 2.05) is 4.68 Å². The number of piperazine rings is 1. The first kappa shape index (κ1) is 13.9. The van der Waals surface area contributed by atoms with E-state index in [0.29, 0.717) is 25.7 Å². The summed E-state index contributed by atoms with van der Waals surface area (Å²) in [6.07, 6.45) is 2.31. The summed E-state index contributed by atoms with van der Waals surface area (Å²) >= 11 is 0. The molecule has 0 unspecified atom stereocenters. The zero-order valence-electron chi connectivity index (χ0n) is 11.6. The van der Waals surface area contributed by atoms with Crippen LogP contribution in [0.1, 0.15) is 31.6 Å². The van der Waals surface area contributed by atoms with Crippen LogP contribution in [0, 0.1) is 0 Å². The maximum absolute atomic E-state index is 11.8. The minimum atomic E-state index is -3.06. The van der Waals surface area contributed by atoms with Crippen molar-refractivity contribution >= 4 is 10.0 Å². The van der Waals surface area contributed by atoms with Gasteiger partial charge in [0.2, 0.25) is 10.0 Å². The Morgan fingerprint density at radius 1 is 1.20 bits per heavy atom. The fourth-order valence-corrected chi connectivity index (χ4v) is 3.55. The third-order valence-corrected chi connectivity index (χ3v) is 5.79. The van der Waals surface area contributed by atoms with Crippen LogP contribution in [-0.2, 0) is 16.6 Å². The number of nitrogens with zero attached hydrogens (tertiary/aromatic N) is 6. The van der Waals surface area contributed by atoms with Crippen LogP contribution in [0.25, 0.3) is 0 Å². The van der Waals surface area contributed by atoms with Crippen LogP contribution in [0.4, 0.5) is 0 Å². The highest BCUT2D eigenvalue weighted by molar-refractivity contribution is 7.89. The van der Waals surface area contributed by atoms with Crippen molar-refractivity contribution in [2.24, 2.45) is 0 Å². The SMILES string of the molecule is CCS(=O)(=O)N1CCN(Cc2nnnn2C2CC2)CC1. The van der Waals surface area contributed by atoms with Crippen LogP contribution < -0.4 is 0 Å². The summed E-state index contributed by atoms with van der Waals surface area (Å²) in [6.45, 7) is 4.96. The molecule has 112 valence electrons. The van der Waals surface area contributed by atoms with Gasteiger partial charge in [0.05, 0.1) is 18.3 Å². The summed E-state index contributed by atoms with van der Waals surface area (Å²) in [6, 6.07) is 0.474. The largest absolute Gasteiger partial charge is 0.293 e. The molecular weight excluding hydrogens is 280 g/mol. The van der Waals surface area contributed by atoms with Crippen molar-refractivity contribution in [3.05, 3.63) is 5.82 Å². The van der Waals surface area contributed by atoms with E-state index in [1.165, 1.54) is 0 Å². The summed E-state index contributed by atoms with van der Waals surface area (Å²) in [5.41, 5.74) is 0. The minimum Gasteiger partial charge on any atom is -0.293 e. The second-order valence-corrected chi connectivity index (χ2v) is 7.60. The Labute approximate surface area is 118 Å². The molecule has 0 amide bonds. The van der Waals surface area contributed by atoms with E-state index < -0.39 is 10.0 Å². The first-order chi connectivity index (χ1) is 9.60. The van der Waals surface area contributed by atoms with E-state index in [0.717, 1.165) is 31.8 Å². The zero-order chi connectivity index (χ0) is 14.2. The predicted octanol–water partition coefficient (Wildman–Crippen LogP) is -0.525. The van der Waals surface area contributed by atoms with Crippen LogP contribution >= 0.6 is 0 Å². The van der Waals surface area contributed by atoms with E-state index in [4.69, 9.17) is 0 Å². The van der Waals surface area contributed by atoms with Gasteiger partial charge >= 0.3 is 0 Å². The molecule has 1 aromatic rings. The van der Waals surface area contributed by atoms with Crippen LogP contribution in [0.2, 0.25) is 0 Å². The summed E-state index contributed by atoms with van der Waals surface area (Å²) < 4.78 is 27.1. The Hall–Kier alpha value is -1.06. The predicted molar refractivity (Wildman–Crippen MR) is 72.4 cm³/mol. The molecule has 1 aromatic heterocycles. The lowest BCUT2D eigenvalue weighted by Gasteiger charge is -2.33. The van der Waals surface area contributed by atoms with Crippen molar-refractivity contribution in [2.45, 2.75) is 32.4 Å². The van der Waals surface area contributed by atoms with Gasteiger partial charge in [-0.25, -0.2) is 13.1 Å². The first-order valence-corrected chi connectivity index (χ1v) is 8.68. The van der Waals surface area contributed by atoms with Gasteiger partial charge in [0.15, 0.2) is 5.82 Å². The third-order valence-electron chi connectivity index (χ3n) is 3.91. The van der Waals surface area contributed by atoms with Crippen molar-refractivity contribution in [1.29, 1.82) is 0 Å². The highest BCUT2D eigenvalue weighted by Gasteiger charge is 2.30. The van der Waals surface area contributed by atoms with Gasteiger partial charge in [-0.3, -0.25) is 4.90 Å². The standard InChI is InChI=1S/C11H20N6O2S/c1-2-20(18,19)16-7-5-15(6-8-16)9-11-12-13-14-17(11)10-3-4-10/h10H,2-9H2,1H3. The average molecular weight is 300 g/mol. The van der Waals surface area contributed by atoms with E-state index >= 15 is 0 Å². The Kier molecular flexibility index (Phi) is 3.74. The smallest absolute Gasteiger partial charge is 0.213 e. The van der Waals surface area contributed by atoms with E-state index in [9.17, 15) is 8.42 Å². The van der Waals surface area contributed by atoms with Crippen LogP contribution in [0.15, 0.2) is 0 Å². The van der Waals surface area contributed by atoms with Crippen LogP contribution in [-0.4, -0.2) is 69.8 Å². The van der Waals surface area contributed by atoms with Gasteiger partial charge in [-0.15, -0.1) is 5.10 Å². The van der Waals surface area contributed by atoms with Crippen molar-refractivity contribution < 1.29 is 8.42 Å². The molecule has 0 bridgehead atoms. The van der Waals surface area contributed by atoms with Gasteiger partial charge < -0.3 is 0 Å². The average Bonchev–Trinajstić information content (AvgIpc) is 3.20. The first-order valence-electron chi connectivity index (χ1n) is 7.07. The molecule has 0 radical (unpaired) electrons. The van der Waals surface area contributed by atoms with Gasteiger partial charge in [-0.05, 0) is 30.2 Å². The maximum atomic E-state index is 11.8. The molecule has 1 aliphatic carbocycles. The zero-order valence-corrected chi connectivity index (χ0v) is 12.5. The number of sulfonamides is 1. The van der Waals surface area contributed by atoms with Gasteiger partial charge in [-0.2, -0.15) is 4.31 Å². The van der Waals surface area contributed by atoms with Crippen molar-refractivity contribution in [1.82, 2.24) is 29.4 Å². The number of hydrogen-bond acceptors (Lipinski definition) is 6. The highest BCUT2D eigenvalue weighted by atomic mass is 32.2. The molecular formula is C11H20N6O2S. The lowest BCUT2D eigenvalue weighted by molar-refractivity contribution is 0.175. The van der Waals surface area contributed by atoms with Crippen LogP contribution in [0.5, 0.6) is 0 Å². The van der Waals surface area contributed by atoms with Crippen molar-refractivity contribution in [3.63, 3.8) is 0 Å². The molecule has 2 heterocycles. The number of aromatic nitrogens is 4. The lowest BCUT2D eigenvalue weighted by atomic mass is 10.3. The van der Waals surface area contributed by atoms with Crippen molar-refractivity contribution in [2.75, 3.05) is 31.9 Å². The van der Waals surface area contributed by atoms with Crippen LogP contribution in [0.3, 0.4) is 0 Å². The lowest BCUT2D eigenvalue weighted by Crippen LogP contribution is -2.48. The summed E-state index contributed by atoms with van der Waals surface area (Å²) in [7, 11) is -3.06. The quantitative estimate of drug-likeness (QED) is 0.727. The van der Waals surface area contributed by atoms with Gasteiger partial charge in [0, 0.05) is 26.2 Å². The molecule has 2 fully saturated rings. The highest BCUT2D eigenvalue weighted by Crippen LogP contribution is 2.34. The monoisotopic (exact) mass is 300 g/mol. The molecule has 9 heteroatoms. The second kappa shape index (κ2) is 5.38. The molecule has 0 aromatic carbocycles. The number of rotatable bonds is 5. The molecule has 3 rings (SSSR count). The summed E-state index contributed by atoms with van der Waals surface area (Å²) in [5.74, 6) is 1.06. The molecule has 0 N–H and O–H groups in total.